The molecule has 10 heteroatoms. The minimum absolute atomic E-state index is 0.0598. The number of sulfonamides is 1. The highest BCUT2D eigenvalue weighted by Crippen LogP contribution is 2.30. The summed E-state index contributed by atoms with van der Waals surface area (Å²) in [4.78, 5) is 10.6. The highest BCUT2D eigenvalue weighted by molar-refractivity contribution is 7.92. The standard InChI is InChI=1S/C21H20N4O5S/c1-15-7-9-16(10-8-15)14-22-23-18-12-11-17(13-20(18)25(26)27)31(28,29)24-19-5-3-4-6-21(19)30-2/h3-14,23-24H,1-2H3/b22-14+. The first-order valence-electron chi connectivity index (χ1n) is 9.10. The Hall–Kier alpha value is -3.92. The van der Waals surface area contributed by atoms with Crippen LogP contribution in [0.4, 0.5) is 17.1 Å². The second kappa shape index (κ2) is 9.26. The quantitative estimate of drug-likeness (QED) is 0.308. The van der Waals surface area contributed by atoms with E-state index in [0.717, 1.165) is 17.2 Å². The van der Waals surface area contributed by atoms with E-state index >= 15 is 0 Å². The number of para-hydroxylation sites is 2. The van der Waals surface area contributed by atoms with Gasteiger partial charge in [-0.3, -0.25) is 20.3 Å². The van der Waals surface area contributed by atoms with Gasteiger partial charge in [0.05, 0.1) is 28.8 Å². The van der Waals surface area contributed by atoms with Crippen molar-refractivity contribution in [2.45, 2.75) is 11.8 Å². The summed E-state index contributed by atoms with van der Waals surface area (Å²) in [6.07, 6.45) is 1.51. The van der Waals surface area contributed by atoms with Crippen LogP contribution >= 0.6 is 0 Å². The molecule has 160 valence electrons. The number of aryl methyl sites for hydroxylation is 1. The first-order valence-corrected chi connectivity index (χ1v) is 10.6. The van der Waals surface area contributed by atoms with Gasteiger partial charge in [-0.1, -0.05) is 42.0 Å². The Morgan fingerprint density at radius 3 is 2.42 bits per heavy atom. The molecule has 3 aromatic carbocycles. The largest absolute Gasteiger partial charge is 0.495 e. The van der Waals surface area contributed by atoms with Gasteiger partial charge in [-0.05, 0) is 36.8 Å². The van der Waals surface area contributed by atoms with Crippen LogP contribution in [0.1, 0.15) is 11.1 Å². The molecule has 0 aliphatic rings. The van der Waals surface area contributed by atoms with Crippen molar-refractivity contribution in [2.75, 3.05) is 17.3 Å². The molecule has 0 atom stereocenters. The number of anilines is 2. The van der Waals surface area contributed by atoms with Gasteiger partial charge in [0.2, 0.25) is 0 Å². The van der Waals surface area contributed by atoms with Crippen molar-refractivity contribution in [1.29, 1.82) is 0 Å². The zero-order chi connectivity index (χ0) is 22.4. The summed E-state index contributed by atoms with van der Waals surface area (Å²) < 4.78 is 33.0. The number of nitro groups is 1. The number of methoxy groups -OCH3 is 1. The number of hydrogen-bond donors (Lipinski definition) is 2. The topological polar surface area (TPSA) is 123 Å². The van der Waals surface area contributed by atoms with Gasteiger partial charge >= 0.3 is 0 Å². The minimum Gasteiger partial charge on any atom is -0.495 e. The number of ether oxygens (including phenoxy) is 1. The average molecular weight is 440 g/mol. The van der Waals surface area contributed by atoms with Crippen LogP contribution in [-0.4, -0.2) is 26.7 Å². The highest BCUT2D eigenvalue weighted by Gasteiger charge is 2.22. The monoisotopic (exact) mass is 440 g/mol. The molecule has 0 bridgehead atoms. The second-order valence-electron chi connectivity index (χ2n) is 6.52. The predicted octanol–water partition coefficient (Wildman–Crippen LogP) is 4.16. The predicted molar refractivity (Wildman–Crippen MR) is 119 cm³/mol. The maximum Gasteiger partial charge on any atom is 0.295 e. The van der Waals surface area contributed by atoms with Gasteiger partial charge in [-0.15, -0.1) is 0 Å². The van der Waals surface area contributed by atoms with Gasteiger partial charge in [0.25, 0.3) is 15.7 Å². The minimum atomic E-state index is -4.09. The normalized spacial score (nSPS) is 11.3. The van der Waals surface area contributed by atoms with E-state index in [4.69, 9.17) is 4.74 Å². The molecule has 0 amide bonds. The summed E-state index contributed by atoms with van der Waals surface area (Å²) in [6.45, 7) is 1.96. The molecule has 31 heavy (non-hydrogen) atoms. The molecule has 2 N–H and O–H groups in total. The summed E-state index contributed by atoms with van der Waals surface area (Å²) in [6, 6.07) is 17.5. The lowest BCUT2D eigenvalue weighted by atomic mass is 10.2. The SMILES string of the molecule is COc1ccccc1NS(=O)(=O)c1ccc(N/N=C/c2ccc(C)cc2)c([N+](=O)[O-])c1. The van der Waals surface area contributed by atoms with Crippen LogP contribution in [0.25, 0.3) is 0 Å². The Balaban J connectivity index is 1.85. The molecule has 0 spiro atoms. The summed E-state index contributed by atoms with van der Waals surface area (Å²) in [5, 5.41) is 15.5. The molecule has 0 aromatic heterocycles. The number of nitro benzene ring substituents is 1. The van der Waals surface area contributed by atoms with E-state index in [1.54, 1.807) is 18.2 Å². The van der Waals surface area contributed by atoms with Crippen molar-refractivity contribution in [3.05, 3.63) is 88.0 Å². The first kappa shape index (κ1) is 21.8. The molecule has 0 aliphatic heterocycles. The van der Waals surface area contributed by atoms with E-state index in [0.29, 0.717) is 5.75 Å². The lowest BCUT2D eigenvalue weighted by Gasteiger charge is -2.12. The molecule has 0 saturated heterocycles. The van der Waals surface area contributed by atoms with Crippen molar-refractivity contribution >= 4 is 33.3 Å². The Morgan fingerprint density at radius 2 is 1.74 bits per heavy atom. The van der Waals surface area contributed by atoms with Gasteiger partial charge in [0.15, 0.2) is 0 Å². The summed E-state index contributed by atoms with van der Waals surface area (Å²) >= 11 is 0. The van der Waals surface area contributed by atoms with Crippen LogP contribution in [-0.2, 0) is 10.0 Å². The van der Waals surface area contributed by atoms with Gasteiger partial charge in [-0.25, -0.2) is 8.42 Å². The molecule has 9 nitrogen and oxygen atoms in total. The number of hydrogen-bond acceptors (Lipinski definition) is 7. The van der Waals surface area contributed by atoms with Crippen LogP contribution in [0, 0.1) is 17.0 Å². The number of nitrogens with one attached hydrogen (secondary N) is 2. The molecule has 0 aliphatic carbocycles. The molecule has 3 rings (SSSR count). The molecular weight excluding hydrogens is 420 g/mol. The van der Waals surface area contributed by atoms with Gasteiger partial charge in [0, 0.05) is 6.07 Å². The Morgan fingerprint density at radius 1 is 1.03 bits per heavy atom. The van der Waals surface area contributed by atoms with Crippen LogP contribution in [0.5, 0.6) is 5.75 Å². The molecule has 0 saturated carbocycles. The highest BCUT2D eigenvalue weighted by atomic mass is 32.2. The van der Waals surface area contributed by atoms with Crippen molar-refractivity contribution < 1.29 is 18.1 Å². The van der Waals surface area contributed by atoms with Crippen molar-refractivity contribution in [2.24, 2.45) is 5.10 Å². The molecular formula is C21H20N4O5S. The van der Waals surface area contributed by atoms with Gasteiger partial charge in [0.1, 0.15) is 11.4 Å². The molecule has 3 aromatic rings. The molecule has 0 fully saturated rings. The summed E-state index contributed by atoms with van der Waals surface area (Å²) in [7, 11) is -2.67. The molecule has 0 unspecified atom stereocenters. The Labute approximate surface area is 179 Å². The Kier molecular flexibility index (Phi) is 6.51. The third-order valence-corrected chi connectivity index (χ3v) is 5.67. The van der Waals surface area contributed by atoms with E-state index in [1.165, 1.54) is 31.5 Å². The van der Waals surface area contributed by atoms with Crippen LogP contribution in [0.15, 0.2) is 76.7 Å². The fourth-order valence-electron chi connectivity index (χ4n) is 2.69. The zero-order valence-corrected chi connectivity index (χ0v) is 17.6. The fourth-order valence-corrected chi connectivity index (χ4v) is 3.78. The molecule has 0 radical (unpaired) electrons. The van der Waals surface area contributed by atoms with E-state index in [2.05, 4.69) is 15.2 Å². The molecule has 0 heterocycles. The van der Waals surface area contributed by atoms with Crippen LogP contribution < -0.4 is 14.9 Å². The van der Waals surface area contributed by atoms with E-state index < -0.39 is 20.6 Å². The van der Waals surface area contributed by atoms with Gasteiger partial charge in [-0.2, -0.15) is 5.10 Å². The smallest absolute Gasteiger partial charge is 0.295 e. The van der Waals surface area contributed by atoms with Crippen molar-refractivity contribution in [3.8, 4) is 5.75 Å². The first-order chi connectivity index (χ1) is 14.8. The van der Waals surface area contributed by atoms with E-state index in [-0.39, 0.29) is 16.3 Å². The summed E-state index contributed by atoms with van der Waals surface area (Å²) in [5.41, 5.74) is 4.35. The lowest BCUT2D eigenvalue weighted by molar-refractivity contribution is -0.384. The third kappa shape index (κ3) is 5.37. The number of benzene rings is 3. The van der Waals surface area contributed by atoms with Crippen molar-refractivity contribution in [1.82, 2.24) is 0 Å². The van der Waals surface area contributed by atoms with Crippen molar-refractivity contribution in [3.63, 3.8) is 0 Å². The zero-order valence-electron chi connectivity index (χ0n) is 16.8. The third-order valence-electron chi connectivity index (χ3n) is 4.30. The number of rotatable bonds is 8. The van der Waals surface area contributed by atoms with Crippen LogP contribution in [0.2, 0.25) is 0 Å². The summed E-state index contributed by atoms with van der Waals surface area (Å²) in [5.74, 6) is 0.323. The van der Waals surface area contributed by atoms with Gasteiger partial charge < -0.3 is 4.74 Å². The lowest BCUT2D eigenvalue weighted by Crippen LogP contribution is -2.14. The fraction of sp³-hybridized carbons (Fsp3) is 0.0952. The maximum absolute atomic E-state index is 12.7. The average Bonchev–Trinajstić information content (AvgIpc) is 2.75. The Bertz CT molecular complexity index is 1220. The van der Waals surface area contributed by atoms with E-state index in [1.807, 2.05) is 31.2 Å². The number of hydrazone groups is 1. The van der Waals surface area contributed by atoms with E-state index in [9.17, 15) is 18.5 Å². The number of nitrogens with zero attached hydrogens (tertiary/aromatic N) is 2. The van der Waals surface area contributed by atoms with Crippen LogP contribution in [0.3, 0.4) is 0 Å². The maximum atomic E-state index is 12.7. The second-order valence-corrected chi connectivity index (χ2v) is 8.20.